The highest BCUT2D eigenvalue weighted by Crippen LogP contribution is 2.24. The van der Waals surface area contributed by atoms with Crippen LogP contribution in [-0.2, 0) is 18.4 Å². The monoisotopic (exact) mass is 288 g/mol. The van der Waals surface area contributed by atoms with Crippen molar-refractivity contribution in [1.29, 1.82) is 0 Å². The highest BCUT2D eigenvalue weighted by atomic mass is 16.5. The molecule has 5 nitrogen and oxygen atoms in total. The lowest BCUT2D eigenvalue weighted by molar-refractivity contribution is 0.289. The predicted molar refractivity (Wildman–Crippen MR) is 83.4 cm³/mol. The Morgan fingerprint density at radius 2 is 1.90 bits per heavy atom. The van der Waals surface area contributed by atoms with Crippen LogP contribution in [0.1, 0.15) is 32.0 Å². The predicted octanol–water partition coefficient (Wildman–Crippen LogP) is 2.16. The van der Waals surface area contributed by atoms with Crippen LogP contribution >= 0.6 is 0 Å². The van der Waals surface area contributed by atoms with E-state index >= 15 is 0 Å². The Balaban J connectivity index is 1.82. The molecule has 0 bridgehead atoms. The summed E-state index contributed by atoms with van der Waals surface area (Å²) in [5.74, 6) is 0.880. The van der Waals surface area contributed by atoms with Gasteiger partial charge in [0.15, 0.2) is 0 Å². The van der Waals surface area contributed by atoms with Crippen molar-refractivity contribution in [3.63, 3.8) is 0 Å². The molecule has 0 atom stereocenters. The molecule has 2 aromatic rings. The number of aromatic nitrogens is 3. The van der Waals surface area contributed by atoms with Crippen LogP contribution < -0.4 is 10.5 Å². The molecule has 0 aliphatic carbocycles. The maximum Gasteiger partial charge on any atom is 0.119 e. The number of hydrogen-bond acceptors (Lipinski definition) is 4. The summed E-state index contributed by atoms with van der Waals surface area (Å²) in [6.07, 6.45) is 2.67. The van der Waals surface area contributed by atoms with E-state index in [0.717, 1.165) is 17.9 Å². The summed E-state index contributed by atoms with van der Waals surface area (Å²) < 4.78 is 7.52. The maximum absolute atomic E-state index is 5.73. The van der Waals surface area contributed by atoms with Crippen LogP contribution in [0.3, 0.4) is 0 Å². The summed E-state index contributed by atoms with van der Waals surface area (Å²) in [4.78, 5) is 0. The number of nitrogens with zero attached hydrogens (tertiary/aromatic N) is 3. The van der Waals surface area contributed by atoms with Crippen molar-refractivity contribution < 1.29 is 4.74 Å². The molecule has 5 heteroatoms. The van der Waals surface area contributed by atoms with Gasteiger partial charge in [0.05, 0.1) is 12.2 Å². The molecule has 0 aliphatic rings. The Kier molecular flexibility index (Phi) is 4.96. The van der Waals surface area contributed by atoms with E-state index in [2.05, 4.69) is 43.2 Å². The normalized spacial score (nSPS) is 11.6. The Bertz CT molecular complexity index is 554. The molecule has 114 valence electrons. The highest BCUT2D eigenvalue weighted by molar-refractivity contribution is 5.31. The molecule has 0 fully saturated rings. The van der Waals surface area contributed by atoms with E-state index in [1.807, 2.05) is 18.3 Å². The minimum absolute atomic E-state index is 0.165. The maximum atomic E-state index is 5.73. The summed E-state index contributed by atoms with van der Waals surface area (Å²) in [5.41, 5.74) is 7.88. The molecule has 0 saturated heterocycles. The van der Waals surface area contributed by atoms with E-state index in [4.69, 9.17) is 10.5 Å². The van der Waals surface area contributed by atoms with E-state index in [1.165, 1.54) is 5.56 Å². The average Bonchev–Trinajstić information content (AvgIpc) is 2.86. The molecule has 0 aliphatic heterocycles. The van der Waals surface area contributed by atoms with E-state index in [9.17, 15) is 0 Å². The molecule has 0 amide bonds. The van der Waals surface area contributed by atoms with Gasteiger partial charge in [-0.05, 0) is 29.7 Å². The third-order valence-electron chi connectivity index (χ3n) is 3.30. The van der Waals surface area contributed by atoms with Crippen molar-refractivity contribution in [1.82, 2.24) is 15.0 Å². The van der Waals surface area contributed by atoms with E-state index in [0.29, 0.717) is 19.7 Å². The lowest BCUT2D eigenvalue weighted by atomic mass is 9.87. The van der Waals surface area contributed by atoms with E-state index in [-0.39, 0.29) is 5.41 Å². The summed E-state index contributed by atoms with van der Waals surface area (Å²) in [6, 6.07) is 8.26. The van der Waals surface area contributed by atoms with Crippen molar-refractivity contribution in [2.24, 2.45) is 5.73 Å². The Morgan fingerprint density at radius 1 is 1.19 bits per heavy atom. The molecular weight excluding hydrogens is 264 g/mol. The molecule has 1 aromatic heterocycles. The van der Waals surface area contributed by atoms with Crippen molar-refractivity contribution >= 4 is 0 Å². The number of benzene rings is 1. The van der Waals surface area contributed by atoms with Crippen LogP contribution in [0.4, 0.5) is 0 Å². The molecular formula is C16H24N4O. The minimum Gasteiger partial charge on any atom is -0.492 e. The van der Waals surface area contributed by atoms with Gasteiger partial charge >= 0.3 is 0 Å². The molecule has 0 saturated carbocycles. The van der Waals surface area contributed by atoms with Crippen molar-refractivity contribution in [2.75, 3.05) is 13.2 Å². The third-order valence-corrected chi connectivity index (χ3v) is 3.30. The summed E-state index contributed by atoms with van der Waals surface area (Å²) in [7, 11) is 0. The fourth-order valence-corrected chi connectivity index (χ4v) is 2.02. The number of hydrogen-bond donors (Lipinski definition) is 1. The van der Waals surface area contributed by atoms with Gasteiger partial charge in [0.2, 0.25) is 0 Å². The first-order chi connectivity index (χ1) is 9.99. The van der Waals surface area contributed by atoms with Gasteiger partial charge in [-0.15, -0.1) is 5.10 Å². The first-order valence-corrected chi connectivity index (χ1v) is 7.31. The van der Waals surface area contributed by atoms with Crippen molar-refractivity contribution in [3.8, 4) is 5.75 Å². The zero-order chi connectivity index (χ0) is 15.3. The SMILES string of the molecule is CC(C)(C)c1ccc(OCCn2cc(CCN)nn2)cc1. The average molecular weight is 288 g/mol. The van der Waals surface area contributed by atoms with Crippen LogP contribution in [0.25, 0.3) is 0 Å². The van der Waals surface area contributed by atoms with Gasteiger partial charge in [-0.3, -0.25) is 0 Å². The van der Waals surface area contributed by atoms with Crippen LogP contribution in [0, 0.1) is 0 Å². The Hall–Kier alpha value is -1.88. The van der Waals surface area contributed by atoms with Gasteiger partial charge in [0, 0.05) is 12.6 Å². The number of rotatable bonds is 6. The summed E-state index contributed by atoms with van der Waals surface area (Å²) in [5, 5.41) is 8.09. The zero-order valence-electron chi connectivity index (χ0n) is 13.0. The van der Waals surface area contributed by atoms with Crippen LogP contribution in [0.2, 0.25) is 0 Å². The van der Waals surface area contributed by atoms with Crippen molar-refractivity contribution in [3.05, 3.63) is 41.7 Å². The molecule has 0 spiro atoms. The van der Waals surface area contributed by atoms with Crippen molar-refractivity contribution in [2.45, 2.75) is 39.2 Å². The fourth-order valence-electron chi connectivity index (χ4n) is 2.02. The standard InChI is InChI=1S/C16H24N4O/c1-16(2,3)13-4-6-15(7-5-13)21-11-10-20-12-14(8-9-17)18-19-20/h4-7,12H,8-11,17H2,1-3H3. The molecule has 0 radical (unpaired) electrons. The van der Waals surface area contributed by atoms with Gasteiger partial charge in [-0.1, -0.05) is 38.1 Å². The molecule has 21 heavy (non-hydrogen) atoms. The zero-order valence-corrected chi connectivity index (χ0v) is 13.0. The van der Waals surface area contributed by atoms with Gasteiger partial charge < -0.3 is 10.5 Å². The third kappa shape index (κ3) is 4.56. The first-order valence-electron chi connectivity index (χ1n) is 7.31. The molecule has 1 heterocycles. The minimum atomic E-state index is 0.165. The van der Waals surface area contributed by atoms with Crippen LogP contribution in [0.5, 0.6) is 5.75 Å². The smallest absolute Gasteiger partial charge is 0.119 e. The second kappa shape index (κ2) is 6.72. The second-order valence-electron chi connectivity index (χ2n) is 6.13. The Morgan fingerprint density at radius 3 is 2.52 bits per heavy atom. The second-order valence-corrected chi connectivity index (χ2v) is 6.13. The van der Waals surface area contributed by atoms with E-state index in [1.54, 1.807) is 4.68 Å². The van der Waals surface area contributed by atoms with Crippen LogP contribution in [0.15, 0.2) is 30.5 Å². The highest BCUT2D eigenvalue weighted by Gasteiger charge is 2.12. The lowest BCUT2D eigenvalue weighted by Gasteiger charge is -2.19. The topological polar surface area (TPSA) is 66.0 Å². The summed E-state index contributed by atoms with van der Waals surface area (Å²) in [6.45, 7) is 8.44. The molecule has 1 aromatic carbocycles. The molecule has 2 rings (SSSR count). The van der Waals surface area contributed by atoms with Crippen LogP contribution in [-0.4, -0.2) is 28.1 Å². The fraction of sp³-hybridized carbons (Fsp3) is 0.500. The first kappa shape index (κ1) is 15.5. The quantitative estimate of drug-likeness (QED) is 0.884. The lowest BCUT2D eigenvalue weighted by Crippen LogP contribution is -2.11. The van der Waals surface area contributed by atoms with E-state index < -0.39 is 0 Å². The largest absolute Gasteiger partial charge is 0.492 e. The number of ether oxygens (including phenoxy) is 1. The summed E-state index contributed by atoms with van der Waals surface area (Å²) >= 11 is 0. The van der Waals surface area contributed by atoms with Gasteiger partial charge in [-0.25, -0.2) is 4.68 Å². The molecule has 0 unspecified atom stereocenters. The van der Waals surface area contributed by atoms with Gasteiger partial charge in [-0.2, -0.15) is 0 Å². The van der Waals surface area contributed by atoms with Gasteiger partial charge in [0.1, 0.15) is 12.4 Å². The molecule has 2 N–H and O–H groups in total. The van der Waals surface area contributed by atoms with Gasteiger partial charge in [0.25, 0.3) is 0 Å². The number of nitrogens with two attached hydrogens (primary N) is 1. The Labute approximate surface area is 126 Å².